The van der Waals surface area contributed by atoms with Gasteiger partial charge in [-0.15, -0.1) is 0 Å². The number of aliphatic hydroxyl groups excluding tert-OH is 4. The van der Waals surface area contributed by atoms with Crippen molar-refractivity contribution in [2.24, 2.45) is 0 Å². The summed E-state index contributed by atoms with van der Waals surface area (Å²) in [5.74, 6) is -0.0955. The summed E-state index contributed by atoms with van der Waals surface area (Å²) in [6.45, 7) is 4.39. The average molecular weight is 544 g/mol. The smallest absolute Gasteiger partial charge is 0.224 e. The van der Waals surface area contributed by atoms with E-state index in [4.69, 9.17) is 4.74 Å². The highest BCUT2D eigenvalue weighted by Crippen LogP contribution is 2.25. The van der Waals surface area contributed by atoms with Crippen molar-refractivity contribution in [2.75, 3.05) is 13.2 Å². The largest absolute Gasteiger partial charge is 0.394 e. The van der Waals surface area contributed by atoms with Gasteiger partial charge in [-0.25, -0.2) is 0 Å². The molecule has 1 fully saturated rings. The summed E-state index contributed by atoms with van der Waals surface area (Å²) < 4.78 is 5.73. The van der Waals surface area contributed by atoms with E-state index in [-0.39, 0.29) is 5.91 Å². The molecule has 0 aromatic carbocycles. The topological polar surface area (TPSA) is 110 Å². The summed E-state index contributed by atoms with van der Waals surface area (Å²) in [4.78, 5) is 14.7. The number of hydrogen-bond donors (Lipinski definition) is 4. The van der Waals surface area contributed by atoms with Crippen molar-refractivity contribution in [3.8, 4) is 0 Å². The zero-order valence-corrected chi connectivity index (χ0v) is 24.7. The van der Waals surface area contributed by atoms with Crippen LogP contribution in [0.2, 0.25) is 0 Å². The first kappa shape index (κ1) is 35.3. The van der Waals surface area contributed by atoms with Crippen molar-refractivity contribution < 1.29 is 30.0 Å². The van der Waals surface area contributed by atoms with Gasteiger partial charge in [0.15, 0.2) is 6.23 Å². The maximum Gasteiger partial charge on any atom is 0.224 e. The maximum absolute atomic E-state index is 13.2. The Balaban J connectivity index is 2.36. The lowest BCUT2D eigenvalue weighted by Crippen LogP contribution is -2.64. The first-order valence-electron chi connectivity index (χ1n) is 16.1. The SMILES string of the molecule is CCCCCCCCCCCCCCCCC(=O)N(CCCCCCCC)[C@@H]1O[C@H](CO)[C@@H](O)[C@H](O)[C@H]1O. The number of unbranched alkanes of at least 4 members (excludes halogenated alkanes) is 18. The Morgan fingerprint density at radius 1 is 0.605 bits per heavy atom. The van der Waals surface area contributed by atoms with Gasteiger partial charge in [-0.05, 0) is 12.8 Å². The molecule has 0 aromatic heterocycles. The zero-order valence-electron chi connectivity index (χ0n) is 24.7. The normalized spacial score (nSPS) is 23.6. The van der Waals surface area contributed by atoms with Crippen LogP contribution in [0.3, 0.4) is 0 Å². The number of aliphatic hydroxyl groups is 4. The minimum absolute atomic E-state index is 0.0955. The number of nitrogens with zero attached hydrogens (tertiary/aromatic N) is 1. The van der Waals surface area contributed by atoms with Crippen LogP contribution in [0.4, 0.5) is 0 Å². The second kappa shape index (κ2) is 23.0. The van der Waals surface area contributed by atoms with Gasteiger partial charge in [0.25, 0.3) is 0 Å². The van der Waals surface area contributed by atoms with E-state index < -0.39 is 37.3 Å². The Morgan fingerprint density at radius 3 is 1.47 bits per heavy atom. The van der Waals surface area contributed by atoms with Crippen LogP contribution in [0.15, 0.2) is 0 Å². The second-order valence-corrected chi connectivity index (χ2v) is 11.4. The van der Waals surface area contributed by atoms with Crippen molar-refractivity contribution in [3.63, 3.8) is 0 Å². The molecule has 1 heterocycles. The molecule has 0 radical (unpaired) electrons. The Bertz CT molecular complexity index is 560. The lowest BCUT2D eigenvalue weighted by atomic mass is 9.97. The number of hydrogen-bond acceptors (Lipinski definition) is 6. The molecular weight excluding hydrogens is 482 g/mol. The standard InChI is InChI=1S/C31H61NO6/c1-3-5-7-9-11-12-13-14-15-16-17-18-19-21-23-27(34)32(24-22-20-10-8-6-4-2)31-30(37)29(36)28(35)26(25-33)38-31/h26,28-31,33,35-37H,3-25H2,1-2H3/t26-,28-,29+,30-,31-/m1/s1. The van der Waals surface area contributed by atoms with E-state index in [1.54, 1.807) is 0 Å². The van der Waals surface area contributed by atoms with Gasteiger partial charge in [0.2, 0.25) is 5.91 Å². The Labute approximate surface area is 233 Å². The minimum atomic E-state index is -1.47. The summed E-state index contributed by atoms with van der Waals surface area (Å²) in [5, 5.41) is 40.5. The zero-order chi connectivity index (χ0) is 28.0. The fourth-order valence-electron chi connectivity index (χ4n) is 5.41. The van der Waals surface area contributed by atoms with Crippen LogP contribution < -0.4 is 0 Å². The van der Waals surface area contributed by atoms with Crippen LogP contribution in [-0.2, 0) is 9.53 Å². The fourth-order valence-corrected chi connectivity index (χ4v) is 5.41. The third-order valence-electron chi connectivity index (χ3n) is 7.99. The van der Waals surface area contributed by atoms with E-state index >= 15 is 0 Å². The molecule has 7 nitrogen and oxygen atoms in total. The van der Waals surface area contributed by atoms with Crippen LogP contribution in [0, 0.1) is 0 Å². The van der Waals surface area contributed by atoms with E-state index in [1.165, 1.54) is 94.8 Å². The summed E-state index contributed by atoms with van der Waals surface area (Å²) in [7, 11) is 0. The molecule has 1 saturated heterocycles. The molecular formula is C31H61NO6. The van der Waals surface area contributed by atoms with Crippen molar-refractivity contribution >= 4 is 5.91 Å². The third kappa shape index (κ3) is 14.6. The number of rotatable bonds is 24. The molecule has 4 N–H and O–H groups in total. The predicted molar refractivity (Wildman–Crippen MR) is 154 cm³/mol. The molecule has 0 saturated carbocycles. The molecule has 7 heteroatoms. The van der Waals surface area contributed by atoms with Crippen LogP contribution >= 0.6 is 0 Å². The summed E-state index contributed by atoms with van der Waals surface area (Å²) in [6.07, 6.45) is 18.1. The van der Waals surface area contributed by atoms with E-state index in [0.29, 0.717) is 13.0 Å². The molecule has 226 valence electrons. The van der Waals surface area contributed by atoms with Gasteiger partial charge in [-0.2, -0.15) is 0 Å². The van der Waals surface area contributed by atoms with Gasteiger partial charge < -0.3 is 30.1 Å². The highest BCUT2D eigenvalue weighted by Gasteiger charge is 2.46. The molecule has 0 aliphatic carbocycles. The van der Waals surface area contributed by atoms with Crippen LogP contribution in [-0.4, -0.2) is 75.0 Å². The first-order valence-corrected chi connectivity index (χ1v) is 16.1. The van der Waals surface area contributed by atoms with Gasteiger partial charge in [-0.3, -0.25) is 4.79 Å². The Hall–Kier alpha value is -0.730. The van der Waals surface area contributed by atoms with Gasteiger partial charge in [0, 0.05) is 13.0 Å². The van der Waals surface area contributed by atoms with Crippen molar-refractivity contribution in [2.45, 2.75) is 179 Å². The van der Waals surface area contributed by atoms with E-state index in [2.05, 4.69) is 13.8 Å². The fraction of sp³-hybridized carbons (Fsp3) is 0.968. The molecule has 0 bridgehead atoms. The minimum Gasteiger partial charge on any atom is -0.394 e. The molecule has 0 spiro atoms. The molecule has 5 atom stereocenters. The molecule has 38 heavy (non-hydrogen) atoms. The van der Waals surface area contributed by atoms with Crippen molar-refractivity contribution in [3.05, 3.63) is 0 Å². The van der Waals surface area contributed by atoms with E-state index in [9.17, 15) is 25.2 Å². The first-order chi connectivity index (χ1) is 18.5. The summed E-state index contributed by atoms with van der Waals surface area (Å²) >= 11 is 0. The van der Waals surface area contributed by atoms with Gasteiger partial charge in [0.1, 0.15) is 24.4 Å². The van der Waals surface area contributed by atoms with Crippen LogP contribution in [0.1, 0.15) is 149 Å². The number of amides is 1. The highest BCUT2D eigenvalue weighted by atomic mass is 16.6. The average Bonchev–Trinajstić information content (AvgIpc) is 2.92. The van der Waals surface area contributed by atoms with Gasteiger partial charge in [-0.1, -0.05) is 129 Å². The quantitative estimate of drug-likeness (QED) is 0.114. The van der Waals surface area contributed by atoms with Crippen LogP contribution in [0.5, 0.6) is 0 Å². The lowest BCUT2D eigenvalue weighted by Gasteiger charge is -2.44. The molecule has 0 unspecified atom stereocenters. The van der Waals surface area contributed by atoms with E-state index in [1.807, 2.05) is 0 Å². The molecule has 1 amide bonds. The molecule has 1 aliphatic rings. The van der Waals surface area contributed by atoms with Crippen molar-refractivity contribution in [1.82, 2.24) is 4.90 Å². The third-order valence-corrected chi connectivity index (χ3v) is 7.99. The molecule has 1 rings (SSSR count). The number of carbonyl (C=O) groups excluding carboxylic acids is 1. The maximum atomic E-state index is 13.2. The molecule has 0 aromatic rings. The monoisotopic (exact) mass is 543 g/mol. The van der Waals surface area contributed by atoms with Crippen LogP contribution in [0.25, 0.3) is 0 Å². The highest BCUT2D eigenvalue weighted by molar-refractivity contribution is 5.76. The van der Waals surface area contributed by atoms with Gasteiger partial charge >= 0.3 is 0 Å². The summed E-state index contributed by atoms with van der Waals surface area (Å²) in [6, 6.07) is 0. The molecule has 1 aliphatic heterocycles. The van der Waals surface area contributed by atoms with E-state index in [0.717, 1.165) is 38.5 Å². The summed E-state index contributed by atoms with van der Waals surface area (Å²) in [5.41, 5.74) is 0. The number of carbonyl (C=O) groups is 1. The predicted octanol–water partition coefficient (Wildman–Crippen LogP) is 5.85. The second-order valence-electron chi connectivity index (χ2n) is 11.4. The Kier molecular flexibility index (Phi) is 21.4. The Morgan fingerprint density at radius 2 is 1.03 bits per heavy atom. The lowest BCUT2D eigenvalue weighted by molar-refractivity contribution is -0.262. The van der Waals surface area contributed by atoms with Gasteiger partial charge in [0.05, 0.1) is 6.61 Å². The number of ether oxygens (including phenoxy) is 1. The van der Waals surface area contributed by atoms with Crippen molar-refractivity contribution in [1.29, 1.82) is 0 Å².